The summed E-state index contributed by atoms with van der Waals surface area (Å²) >= 11 is 0. The van der Waals surface area contributed by atoms with E-state index in [4.69, 9.17) is 14.2 Å². The molecular formula is C19H28O6. The minimum absolute atomic E-state index is 0.0839. The molecule has 140 valence electrons. The summed E-state index contributed by atoms with van der Waals surface area (Å²) in [6.45, 7) is 4.77. The van der Waals surface area contributed by atoms with Gasteiger partial charge in [0.15, 0.2) is 11.5 Å². The molecule has 0 spiro atoms. The van der Waals surface area contributed by atoms with Gasteiger partial charge in [-0.25, -0.2) is 0 Å². The summed E-state index contributed by atoms with van der Waals surface area (Å²) in [4.78, 5) is 22.6. The highest BCUT2D eigenvalue weighted by Crippen LogP contribution is 2.27. The highest BCUT2D eigenvalue weighted by atomic mass is 16.6. The first kappa shape index (κ1) is 20.8. The van der Waals surface area contributed by atoms with Crippen LogP contribution in [0.25, 0.3) is 0 Å². The van der Waals surface area contributed by atoms with Gasteiger partial charge in [-0.15, -0.1) is 0 Å². The lowest BCUT2D eigenvalue weighted by atomic mass is 10.00. The third-order valence-electron chi connectivity index (χ3n) is 3.80. The van der Waals surface area contributed by atoms with Gasteiger partial charge in [0.25, 0.3) is 0 Å². The second kappa shape index (κ2) is 10.6. The third-order valence-corrected chi connectivity index (χ3v) is 3.80. The molecule has 0 saturated carbocycles. The van der Waals surface area contributed by atoms with E-state index in [0.717, 1.165) is 18.4 Å². The zero-order valence-corrected chi connectivity index (χ0v) is 15.4. The maximum Gasteiger partial charge on any atom is 0.302 e. The molecule has 6 heteroatoms. The largest absolute Gasteiger partial charge is 0.504 e. The number of esters is 2. The quantitative estimate of drug-likeness (QED) is 0.650. The second-order valence-corrected chi connectivity index (χ2v) is 6.03. The summed E-state index contributed by atoms with van der Waals surface area (Å²) in [6, 6.07) is 5.14. The lowest BCUT2D eigenvalue weighted by Crippen LogP contribution is -2.26. The number of aryl methyl sites for hydroxylation is 1. The number of phenolic OH excluding ortho intramolecular Hbond substituents is 1. The standard InChI is InChI=1S/C19H28O6/c1-5-6-16(24-13(2)20)12-17(25-14(3)21)9-7-15-8-10-18(22)19(11-15)23-4/h8,10-11,16-17,22H,5-7,9,12H2,1-4H3/t16-,17+/m0/s1. The van der Waals surface area contributed by atoms with E-state index in [1.165, 1.54) is 21.0 Å². The maximum absolute atomic E-state index is 11.4. The first-order valence-electron chi connectivity index (χ1n) is 8.56. The minimum Gasteiger partial charge on any atom is -0.504 e. The van der Waals surface area contributed by atoms with Crippen molar-refractivity contribution in [3.63, 3.8) is 0 Å². The van der Waals surface area contributed by atoms with Crippen molar-refractivity contribution in [2.45, 2.75) is 65.1 Å². The van der Waals surface area contributed by atoms with Gasteiger partial charge in [-0.1, -0.05) is 19.4 Å². The highest BCUT2D eigenvalue weighted by Gasteiger charge is 2.21. The van der Waals surface area contributed by atoms with Gasteiger partial charge in [0.1, 0.15) is 12.2 Å². The molecule has 0 fully saturated rings. The van der Waals surface area contributed by atoms with Crippen LogP contribution in [-0.4, -0.2) is 36.4 Å². The molecule has 1 aromatic rings. The summed E-state index contributed by atoms with van der Waals surface area (Å²) in [7, 11) is 1.49. The predicted octanol–water partition coefficient (Wildman–Crippen LogP) is 3.39. The van der Waals surface area contributed by atoms with Crippen LogP contribution in [0.5, 0.6) is 11.5 Å². The number of rotatable bonds is 10. The summed E-state index contributed by atoms with van der Waals surface area (Å²) in [6.07, 6.45) is 2.71. The molecule has 0 amide bonds. The Morgan fingerprint density at radius 3 is 2.20 bits per heavy atom. The number of benzene rings is 1. The Hall–Kier alpha value is -2.24. The molecule has 0 unspecified atom stereocenters. The SMILES string of the molecule is CCC[C@@H](C[C@@H](CCc1ccc(O)c(OC)c1)OC(C)=O)OC(C)=O. The summed E-state index contributed by atoms with van der Waals surface area (Å²) < 4.78 is 15.8. The molecule has 2 atom stereocenters. The molecule has 0 aromatic heterocycles. The number of methoxy groups -OCH3 is 1. The fraction of sp³-hybridized carbons (Fsp3) is 0.579. The van der Waals surface area contributed by atoms with Crippen LogP contribution in [0.3, 0.4) is 0 Å². The second-order valence-electron chi connectivity index (χ2n) is 6.03. The Labute approximate surface area is 149 Å². The Kier molecular flexibility index (Phi) is 8.81. The van der Waals surface area contributed by atoms with Crippen LogP contribution in [0.15, 0.2) is 18.2 Å². The number of carbonyl (C=O) groups is 2. The number of aromatic hydroxyl groups is 1. The smallest absolute Gasteiger partial charge is 0.302 e. The maximum atomic E-state index is 11.4. The average molecular weight is 352 g/mol. The Morgan fingerprint density at radius 1 is 1.08 bits per heavy atom. The van der Waals surface area contributed by atoms with Gasteiger partial charge in [-0.3, -0.25) is 9.59 Å². The van der Waals surface area contributed by atoms with Crippen molar-refractivity contribution in [3.05, 3.63) is 23.8 Å². The number of ether oxygens (including phenoxy) is 3. The molecule has 0 saturated heterocycles. The van der Waals surface area contributed by atoms with E-state index in [9.17, 15) is 14.7 Å². The average Bonchev–Trinajstić information content (AvgIpc) is 2.53. The van der Waals surface area contributed by atoms with Crippen molar-refractivity contribution in [2.75, 3.05) is 7.11 Å². The van der Waals surface area contributed by atoms with Gasteiger partial charge >= 0.3 is 11.9 Å². The van der Waals surface area contributed by atoms with E-state index in [0.29, 0.717) is 25.0 Å². The fourth-order valence-electron chi connectivity index (χ4n) is 2.74. The molecule has 0 radical (unpaired) electrons. The lowest BCUT2D eigenvalue weighted by Gasteiger charge is -2.23. The van der Waals surface area contributed by atoms with Crippen LogP contribution >= 0.6 is 0 Å². The van der Waals surface area contributed by atoms with E-state index in [1.807, 2.05) is 6.92 Å². The summed E-state index contributed by atoms with van der Waals surface area (Å²) in [5.74, 6) is -0.194. The Balaban J connectivity index is 2.74. The molecule has 0 bridgehead atoms. The van der Waals surface area contributed by atoms with Crippen LogP contribution < -0.4 is 4.74 Å². The zero-order chi connectivity index (χ0) is 18.8. The zero-order valence-electron chi connectivity index (χ0n) is 15.4. The van der Waals surface area contributed by atoms with Crippen LogP contribution in [0, 0.1) is 0 Å². The highest BCUT2D eigenvalue weighted by molar-refractivity contribution is 5.66. The molecular weight excluding hydrogens is 324 g/mol. The van der Waals surface area contributed by atoms with Crippen LogP contribution in [-0.2, 0) is 25.5 Å². The molecule has 25 heavy (non-hydrogen) atoms. The fourth-order valence-corrected chi connectivity index (χ4v) is 2.74. The number of hydrogen-bond donors (Lipinski definition) is 1. The predicted molar refractivity (Wildman–Crippen MR) is 93.6 cm³/mol. The molecule has 0 aliphatic carbocycles. The van der Waals surface area contributed by atoms with Gasteiger partial charge in [0.2, 0.25) is 0 Å². The molecule has 0 aliphatic rings. The van der Waals surface area contributed by atoms with Crippen molar-refractivity contribution in [1.82, 2.24) is 0 Å². The molecule has 1 N–H and O–H groups in total. The topological polar surface area (TPSA) is 82.1 Å². The number of hydrogen-bond acceptors (Lipinski definition) is 6. The number of phenols is 1. The van der Waals surface area contributed by atoms with E-state index >= 15 is 0 Å². The van der Waals surface area contributed by atoms with E-state index in [2.05, 4.69) is 0 Å². The molecule has 1 rings (SSSR count). The third kappa shape index (κ3) is 7.92. The van der Waals surface area contributed by atoms with Gasteiger partial charge in [0, 0.05) is 20.3 Å². The van der Waals surface area contributed by atoms with Crippen molar-refractivity contribution in [3.8, 4) is 11.5 Å². The van der Waals surface area contributed by atoms with E-state index in [-0.39, 0.29) is 29.9 Å². The van der Waals surface area contributed by atoms with Crippen molar-refractivity contribution in [2.24, 2.45) is 0 Å². The van der Waals surface area contributed by atoms with E-state index < -0.39 is 0 Å². The minimum atomic E-state index is -0.355. The molecule has 0 aliphatic heterocycles. The first-order valence-corrected chi connectivity index (χ1v) is 8.56. The lowest BCUT2D eigenvalue weighted by molar-refractivity contribution is -0.153. The van der Waals surface area contributed by atoms with E-state index in [1.54, 1.807) is 18.2 Å². The summed E-state index contributed by atoms with van der Waals surface area (Å²) in [5.41, 5.74) is 0.964. The van der Waals surface area contributed by atoms with Gasteiger partial charge in [0.05, 0.1) is 7.11 Å². The van der Waals surface area contributed by atoms with Crippen LogP contribution in [0.2, 0.25) is 0 Å². The monoisotopic (exact) mass is 352 g/mol. The summed E-state index contributed by atoms with van der Waals surface area (Å²) in [5, 5.41) is 9.65. The van der Waals surface area contributed by atoms with Crippen LogP contribution in [0.1, 0.15) is 52.0 Å². The van der Waals surface area contributed by atoms with Gasteiger partial charge < -0.3 is 19.3 Å². The first-order chi connectivity index (χ1) is 11.8. The van der Waals surface area contributed by atoms with Crippen LogP contribution in [0.4, 0.5) is 0 Å². The molecule has 0 heterocycles. The normalized spacial score (nSPS) is 13.0. The van der Waals surface area contributed by atoms with Gasteiger partial charge in [-0.05, 0) is 37.0 Å². The Morgan fingerprint density at radius 2 is 1.68 bits per heavy atom. The van der Waals surface area contributed by atoms with Crippen molar-refractivity contribution < 1.29 is 28.9 Å². The molecule has 6 nitrogen and oxygen atoms in total. The van der Waals surface area contributed by atoms with Gasteiger partial charge in [-0.2, -0.15) is 0 Å². The molecule has 1 aromatic carbocycles. The number of carbonyl (C=O) groups excluding carboxylic acids is 2. The Bertz CT molecular complexity index is 569. The van der Waals surface area contributed by atoms with Crippen molar-refractivity contribution in [1.29, 1.82) is 0 Å². The van der Waals surface area contributed by atoms with Crippen molar-refractivity contribution >= 4 is 11.9 Å².